The van der Waals surface area contributed by atoms with Crippen LogP contribution in [0.4, 0.5) is 0 Å². The SMILES string of the molecule is CCOc1cc(S(C)(=O)=O)c(C2CC2)cc1CO. The number of rotatable bonds is 5. The zero-order valence-electron chi connectivity index (χ0n) is 10.6. The monoisotopic (exact) mass is 270 g/mol. The highest BCUT2D eigenvalue weighted by molar-refractivity contribution is 7.90. The lowest BCUT2D eigenvalue weighted by atomic mass is 10.1. The van der Waals surface area contributed by atoms with Crippen molar-refractivity contribution in [3.63, 3.8) is 0 Å². The molecule has 0 aliphatic heterocycles. The predicted octanol–water partition coefficient (Wildman–Crippen LogP) is 1.86. The third kappa shape index (κ3) is 2.67. The van der Waals surface area contributed by atoms with Crippen molar-refractivity contribution < 1.29 is 18.3 Å². The molecule has 5 heteroatoms. The molecule has 0 atom stereocenters. The molecule has 2 rings (SSSR count). The van der Waals surface area contributed by atoms with E-state index in [2.05, 4.69) is 0 Å². The van der Waals surface area contributed by atoms with Gasteiger partial charge in [-0.1, -0.05) is 0 Å². The van der Waals surface area contributed by atoms with E-state index in [1.807, 2.05) is 6.92 Å². The average molecular weight is 270 g/mol. The van der Waals surface area contributed by atoms with E-state index in [-0.39, 0.29) is 6.61 Å². The van der Waals surface area contributed by atoms with Crippen LogP contribution in [-0.2, 0) is 16.4 Å². The Morgan fingerprint density at radius 1 is 1.39 bits per heavy atom. The molecule has 0 radical (unpaired) electrons. The number of aliphatic hydroxyl groups is 1. The highest BCUT2D eigenvalue weighted by Gasteiger charge is 2.30. The number of sulfone groups is 1. The van der Waals surface area contributed by atoms with Gasteiger partial charge in [-0.3, -0.25) is 0 Å². The van der Waals surface area contributed by atoms with Gasteiger partial charge >= 0.3 is 0 Å². The lowest BCUT2D eigenvalue weighted by Gasteiger charge is -2.14. The van der Waals surface area contributed by atoms with E-state index in [0.717, 1.165) is 18.4 Å². The lowest BCUT2D eigenvalue weighted by Crippen LogP contribution is -2.06. The first-order chi connectivity index (χ1) is 8.47. The fourth-order valence-corrected chi connectivity index (χ4v) is 3.05. The second-order valence-electron chi connectivity index (χ2n) is 4.64. The van der Waals surface area contributed by atoms with Crippen molar-refractivity contribution in [2.75, 3.05) is 12.9 Å². The first-order valence-electron chi connectivity index (χ1n) is 6.08. The van der Waals surface area contributed by atoms with Gasteiger partial charge in [-0.05, 0) is 43.4 Å². The van der Waals surface area contributed by atoms with Gasteiger partial charge in [0.25, 0.3) is 0 Å². The van der Waals surface area contributed by atoms with Crippen LogP contribution >= 0.6 is 0 Å². The summed E-state index contributed by atoms with van der Waals surface area (Å²) in [6.07, 6.45) is 3.24. The Balaban J connectivity index is 2.58. The van der Waals surface area contributed by atoms with Gasteiger partial charge in [-0.25, -0.2) is 8.42 Å². The zero-order valence-corrected chi connectivity index (χ0v) is 11.5. The van der Waals surface area contributed by atoms with E-state index in [0.29, 0.717) is 28.7 Å². The Morgan fingerprint density at radius 2 is 2.06 bits per heavy atom. The van der Waals surface area contributed by atoms with Crippen LogP contribution in [0.5, 0.6) is 5.75 Å². The van der Waals surface area contributed by atoms with E-state index in [4.69, 9.17) is 4.74 Å². The minimum atomic E-state index is -3.27. The lowest BCUT2D eigenvalue weighted by molar-refractivity contribution is 0.266. The van der Waals surface area contributed by atoms with Crippen LogP contribution in [0.15, 0.2) is 17.0 Å². The molecule has 0 bridgehead atoms. The van der Waals surface area contributed by atoms with Gasteiger partial charge in [0.1, 0.15) is 5.75 Å². The van der Waals surface area contributed by atoms with E-state index in [1.54, 1.807) is 12.1 Å². The second-order valence-corrected chi connectivity index (χ2v) is 6.62. The Bertz CT molecular complexity index is 544. The summed E-state index contributed by atoms with van der Waals surface area (Å²) >= 11 is 0. The van der Waals surface area contributed by atoms with Gasteiger partial charge < -0.3 is 9.84 Å². The Labute approximate surface area is 108 Å². The molecular formula is C13H18O4S. The van der Waals surface area contributed by atoms with Gasteiger partial charge in [-0.15, -0.1) is 0 Å². The smallest absolute Gasteiger partial charge is 0.175 e. The standard InChI is InChI=1S/C13H18O4S/c1-3-17-12-7-13(18(2,15)16)11(9-4-5-9)6-10(12)8-14/h6-7,9,14H,3-5,8H2,1-2H3. The molecule has 4 nitrogen and oxygen atoms in total. The quantitative estimate of drug-likeness (QED) is 0.887. The van der Waals surface area contributed by atoms with Crippen LogP contribution in [0.25, 0.3) is 0 Å². The summed E-state index contributed by atoms with van der Waals surface area (Å²) in [5.74, 6) is 0.778. The summed E-state index contributed by atoms with van der Waals surface area (Å²) in [7, 11) is -3.27. The number of hydrogen-bond acceptors (Lipinski definition) is 4. The highest BCUT2D eigenvalue weighted by Crippen LogP contribution is 2.44. The number of hydrogen-bond donors (Lipinski definition) is 1. The normalized spacial score (nSPS) is 15.7. The molecule has 0 aromatic heterocycles. The fraction of sp³-hybridized carbons (Fsp3) is 0.538. The molecule has 0 spiro atoms. The Kier molecular flexibility index (Phi) is 3.64. The molecule has 1 aromatic rings. The number of benzene rings is 1. The molecule has 1 aliphatic rings. The van der Waals surface area contributed by atoms with Crippen LogP contribution < -0.4 is 4.74 Å². The van der Waals surface area contributed by atoms with Crippen LogP contribution in [0.3, 0.4) is 0 Å². The van der Waals surface area contributed by atoms with Crippen molar-refractivity contribution in [3.8, 4) is 5.75 Å². The summed E-state index contributed by atoms with van der Waals surface area (Å²) in [6, 6.07) is 3.33. The Morgan fingerprint density at radius 3 is 2.50 bits per heavy atom. The van der Waals surface area contributed by atoms with Gasteiger partial charge in [0, 0.05) is 11.8 Å². The molecule has 0 saturated heterocycles. The largest absolute Gasteiger partial charge is 0.493 e. The van der Waals surface area contributed by atoms with E-state index in [9.17, 15) is 13.5 Å². The van der Waals surface area contributed by atoms with Gasteiger partial charge in [-0.2, -0.15) is 0 Å². The molecule has 18 heavy (non-hydrogen) atoms. The van der Waals surface area contributed by atoms with Crippen molar-refractivity contribution >= 4 is 9.84 Å². The molecule has 0 amide bonds. The average Bonchev–Trinajstić information content (AvgIpc) is 3.11. The predicted molar refractivity (Wildman–Crippen MR) is 68.6 cm³/mol. The summed E-state index contributed by atoms with van der Waals surface area (Å²) in [5.41, 5.74) is 1.48. The molecule has 1 saturated carbocycles. The summed E-state index contributed by atoms with van der Waals surface area (Å²) < 4.78 is 29.0. The van der Waals surface area contributed by atoms with E-state index in [1.165, 1.54) is 6.26 Å². The maximum absolute atomic E-state index is 11.8. The van der Waals surface area contributed by atoms with E-state index < -0.39 is 9.84 Å². The molecule has 1 aliphatic carbocycles. The van der Waals surface area contributed by atoms with Gasteiger partial charge in [0.15, 0.2) is 9.84 Å². The third-order valence-electron chi connectivity index (χ3n) is 3.08. The number of aliphatic hydroxyl groups excluding tert-OH is 1. The van der Waals surface area contributed by atoms with Gasteiger partial charge in [0.2, 0.25) is 0 Å². The molecule has 0 heterocycles. The van der Waals surface area contributed by atoms with Crippen LogP contribution in [0, 0.1) is 0 Å². The van der Waals surface area contributed by atoms with Crippen molar-refractivity contribution in [2.45, 2.75) is 37.2 Å². The first kappa shape index (κ1) is 13.4. The summed E-state index contributed by atoms with van der Waals surface area (Å²) in [6.45, 7) is 2.13. The fourth-order valence-electron chi connectivity index (χ4n) is 2.07. The molecule has 1 aromatic carbocycles. The van der Waals surface area contributed by atoms with Crippen LogP contribution in [0.2, 0.25) is 0 Å². The van der Waals surface area contributed by atoms with Gasteiger partial charge in [0.05, 0.1) is 18.1 Å². The summed E-state index contributed by atoms with van der Waals surface area (Å²) in [4.78, 5) is 0.339. The van der Waals surface area contributed by atoms with Crippen LogP contribution in [0.1, 0.15) is 36.8 Å². The van der Waals surface area contributed by atoms with Crippen molar-refractivity contribution in [1.82, 2.24) is 0 Å². The molecule has 1 fully saturated rings. The highest BCUT2D eigenvalue weighted by atomic mass is 32.2. The molecule has 1 N–H and O–H groups in total. The zero-order chi connectivity index (χ0) is 13.3. The Hall–Kier alpha value is -1.07. The van der Waals surface area contributed by atoms with Crippen molar-refractivity contribution in [1.29, 1.82) is 0 Å². The molecular weight excluding hydrogens is 252 g/mol. The topological polar surface area (TPSA) is 63.6 Å². The third-order valence-corrected chi connectivity index (χ3v) is 4.23. The maximum atomic E-state index is 11.8. The number of ether oxygens (including phenoxy) is 1. The van der Waals surface area contributed by atoms with E-state index >= 15 is 0 Å². The first-order valence-corrected chi connectivity index (χ1v) is 7.97. The summed E-state index contributed by atoms with van der Waals surface area (Å²) in [5, 5.41) is 9.34. The molecule has 100 valence electrons. The minimum Gasteiger partial charge on any atom is -0.493 e. The second kappa shape index (κ2) is 4.90. The van der Waals surface area contributed by atoms with Crippen molar-refractivity contribution in [2.24, 2.45) is 0 Å². The maximum Gasteiger partial charge on any atom is 0.175 e. The van der Waals surface area contributed by atoms with Crippen molar-refractivity contribution in [3.05, 3.63) is 23.3 Å². The minimum absolute atomic E-state index is 0.140. The van der Waals surface area contributed by atoms with Crippen LogP contribution in [-0.4, -0.2) is 26.4 Å². The molecule has 0 unspecified atom stereocenters.